The van der Waals surface area contributed by atoms with E-state index in [1.807, 2.05) is 54.6 Å². The zero-order valence-corrected chi connectivity index (χ0v) is 19.6. The van der Waals surface area contributed by atoms with Crippen molar-refractivity contribution in [1.82, 2.24) is 15.2 Å². The van der Waals surface area contributed by atoms with Crippen LogP contribution in [0, 0.1) is 0 Å². The van der Waals surface area contributed by atoms with Gasteiger partial charge in [0, 0.05) is 25.2 Å². The number of anilines is 1. The molecule has 3 aromatic rings. The predicted octanol–water partition coefficient (Wildman–Crippen LogP) is 4.52. The number of aromatic nitrogens is 2. The Hall–Kier alpha value is -3.59. The monoisotopic (exact) mass is 475 g/mol. The van der Waals surface area contributed by atoms with Crippen LogP contribution < -0.4 is 10.1 Å². The number of hydrazone groups is 1. The standard InChI is InChI=1S/C25H25N5O3S/c1-33-19-11-9-17(10-12-19)21-15-20(16-5-3-2-4-6-16)29-30(21)23(32)14-13-22(31)26-25-28-27-24(34-25)18-7-8-18/h2-6,9-12,18,21H,7-8,13-15H2,1H3,(H,26,28,31). The summed E-state index contributed by atoms with van der Waals surface area (Å²) in [5.41, 5.74) is 2.80. The number of carbonyl (C=O) groups is 2. The summed E-state index contributed by atoms with van der Waals surface area (Å²) < 4.78 is 5.27. The molecule has 0 bridgehead atoms. The van der Waals surface area contributed by atoms with Gasteiger partial charge in [-0.3, -0.25) is 9.59 Å². The highest BCUT2D eigenvalue weighted by molar-refractivity contribution is 7.15. The lowest BCUT2D eigenvalue weighted by Crippen LogP contribution is -2.28. The molecule has 1 fully saturated rings. The van der Waals surface area contributed by atoms with Crippen molar-refractivity contribution < 1.29 is 14.3 Å². The molecule has 1 aromatic heterocycles. The van der Waals surface area contributed by atoms with Crippen LogP contribution >= 0.6 is 11.3 Å². The van der Waals surface area contributed by atoms with Gasteiger partial charge in [0.1, 0.15) is 10.8 Å². The number of nitrogens with one attached hydrogen (secondary N) is 1. The van der Waals surface area contributed by atoms with E-state index in [0.29, 0.717) is 17.5 Å². The minimum atomic E-state index is -0.251. The van der Waals surface area contributed by atoms with Crippen molar-refractivity contribution in [3.63, 3.8) is 0 Å². The third kappa shape index (κ3) is 4.99. The third-order valence-corrected chi connectivity index (χ3v) is 6.95. The number of amides is 2. The van der Waals surface area contributed by atoms with Crippen molar-refractivity contribution in [2.75, 3.05) is 12.4 Å². The molecule has 2 aliphatic rings. The molecule has 174 valence electrons. The maximum atomic E-state index is 13.2. The van der Waals surface area contributed by atoms with Crippen LogP contribution in [-0.2, 0) is 9.59 Å². The SMILES string of the molecule is COc1ccc(C2CC(c3ccccc3)=NN2C(=O)CCC(=O)Nc2nnc(C3CC3)s2)cc1. The van der Waals surface area contributed by atoms with Gasteiger partial charge in [0.25, 0.3) is 0 Å². The highest BCUT2D eigenvalue weighted by Crippen LogP contribution is 2.42. The van der Waals surface area contributed by atoms with E-state index >= 15 is 0 Å². The molecule has 9 heteroatoms. The Morgan fingerprint density at radius 2 is 1.82 bits per heavy atom. The van der Waals surface area contributed by atoms with Gasteiger partial charge in [-0.1, -0.05) is 53.8 Å². The summed E-state index contributed by atoms with van der Waals surface area (Å²) >= 11 is 1.41. The smallest absolute Gasteiger partial charge is 0.243 e. The Balaban J connectivity index is 1.27. The Labute approximate surface area is 201 Å². The minimum absolute atomic E-state index is 0.0539. The minimum Gasteiger partial charge on any atom is -0.497 e. The van der Waals surface area contributed by atoms with E-state index in [-0.39, 0.29) is 30.7 Å². The van der Waals surface area contributed by atoms with Crippen LogP contribution in [0.15, 0.2) is 59.7 Å². The van der Waals surface area contributed by atoms with Crippen LogP contribution in [0.4, 0.5) is 5.13 Å². The zero-order chi connectivity index (χ0) is 23.5. The van der Waals surface area contributed by atoms with E-state index in [0.717, 1.165) is 40.4 Å². The molecule has 1 N–H and O–H groups in total. The fourth-order valence-corrected chi connectivity index (χ4v) is 4.86. The Kier molecular flexibility index (Phi) is 6.35. The number of hydrogen-bond acceptors (Lipinski definition) is 7. The molecule has 1 aliphatic carbocycles. The van der Waals surface area contributed by atoms with E-state index in [4.69, 9.17) is 4.74 Å². The largest absolute Gasteiger partial charge is 0.497 e. The molecule has 1 unspecified atom stereocenters. The van der Waals surface area contributed by atoms with Gasteiger partial charge in [0.05, 0.1) is 18.9 Å². The van der Waals surface area contributed by atoms with Crippen LogP contribution in [0.3, 0.4) is 0 Å². The molecule has 0 saturated heterocycles. The molecule has 2 aromatic carbocycles. The lowest BCUT2D eigenvalue weighted by molar-refractivity contribution is -0.134. The summed E-state index contributed by atoms with van der Waals surface area (Å²) in [5.74, 6) is 0.797. The average molecular weight is 476 g/mol. The van der Waals surface area contributed by atoms with E-state index in [1.54, 1.807) is 7.11 Å². The molecule has 1 aliphatic heterocycles. The number of carbonyl (C=O) groups excluding carboxylic acids is 2. The summed E-state index contributed by atoms with van der Waals surface area (Å²) in [6, 6.07) is 17.3. The summed E-state index contributed by atoms with van der Waals surface area (Å²) in [6.07, 6.45) is 2.97. The second-order valence-corrected chi connectivity index (χ2v) is 9.42. The van der Waals surface area contributed by atoms with Gasteiger partial charge < -0.3 is 10.1 Å². The average Bonchev–Trinajstić information content (AvgIpc) is 3.45. The van der Waals surface area contributed by atoms with Crippen LogP contribution in [0.5, 0.6) is 5.75 Å². The lowest BCUT2D eigenvalue weighted by atomic mass is 9.98. The quantitative estimate of drug-likeness (QED) is 0.517. The lowest BCUT2D eigenvalue weighted by Gasteiger charge is -2.22. The first-order valence-corrected chi connectivity index (χ1v) is 12.1. The van der Waals surface area contributed by atoms with Gasteiger partial charge in [-0.2, -0.15) is 5.10 Å². The van der Waals surface area contributed by atoms with Crippen molar-refractivity contribution in [2.24, 2.45) is 5.10 Å². The van der Waals surface area contributed by atoms with Gasteiger partial charge >= 0.3 is 0 Å². The van der Waals surface area contributed by atoms with Crippen molar-refractivity contribution >= 4 is 34.0 Å². The molecule has 5 rings (SSSR count). The molecule has 34 heavy (non-hydrogen) atoms. The first-order valence-electron chi connectivity index (χ1n) is 11.3. The molecular formula is C25H25N5O3S. The maximum Gasteiger partial charge on any atom is 0.243 e. The van der Waals surface area contributed by atoms with Crippen LogP contribution in [0.1, 0.15) is 60.2 Å². The number of rotatable bonds is 8. The molecule has 0 spiro atoms. The molecule has 1 atom stereocenters. The topological polar surface area (TPSA) is 96.8 Å². The summed E-state index contributed by atoms with van der Waals surface area (Å²) in [6.45, 7) is 0. The summed E-state index contributed by atoms with van der Waals surface area (Å²) in [5, 5.41) is 18.6. The van der Waals surface area contributed by atoms with Crippen LogP contribution in [0.25, 0.3) is 0 Å². The van der Waals surface area contributed by atoms with Crippen molar-refractivity contribution in [3.05, 3.63) is 70.7 Å². The van der Waals surface area contributed by atoms with E-state index in [9.17, 15) is 9.59 Å². The van der Waals surface area contributed by atoms with Gasteiger partial charge in [-0.25, -0.2) is 5.01 Å². The summed E-state index contributed by atoms with van der Waals surface area (Å²) in [7, 11) is 1.62. The van der Waals surface area contributed by atoms with Crippen LogP contribution in [0.2, 0.25) is 0 Å². The molecule has 2 amide bonds. The van der Waals surface area contributed by atoms with Crippen LogP contribution in [-0.4, -0.2) is 39.8 Å². The number of hydrogen-bond donors (Lipinski definition) is 1. The zero-order valence-electron chi connectivity index (χ0n) is 18.8. The first kappa shape index (κ1) is 22.2. The highest BCUT2D eigenvalue weighted by atomic mass is 32.1. The van der Waals surface area contributed by atoms with Gasteiger partial charge in [0.15, 0.2) is 0 Å². The van der Waals surface area contributed by atoms with Gasteiger partial charge in [-0.15, -0.1) is 10.2 Å². The maximum absolute atomic E-state index is 13.2. The fourth-order valence-electron chi connectivity index (χ4n) is 3.93. The third-order valence-electron chi connectivity index (χ3n) is 5.95. The van der Waals surface area contributed by atoms with Crippen molar-refractivity contribution in [2.45, 2.75) is 44.1 Å². The van der Waals surface area contributed by atoms with E-state index < -0.39 is 0 Å². The highest BCUT2D eigenvalue weighted by Gasteiger charge is 2.33. The summed E-state index contributed by atoms with van der Waals surface area (Å²) in [4.78, 5) is 25.6. The van der Waals surface area contributed by atoms with E-state index in [2.05, 4.69) is 20.6 Å². The second-order valence-electron chi connectivity index (χ2n) is 8.41. The molecule has 1 saturated carbocycles. The van der Waals surface area contributed by atoms with Gasteiger partial charge in [0.2, 0.25) is 16.9 Å². The van der Waals surface area contributed by atoms with E-state index in [1.165, 1.54) is 16.3 Å². The molecular weight excluding hydrogens is 450 g/mol. The number of benzene rings is 2. The molecule has 0 radical (unpaired) electrons. The van der Waals surface area contributed by atoms with Gasteiger partial charge in [-0.05, 0) is 36.1 Å². The fraction of sp³-hybridized carbons (Fsp3) is 0.320. The number of methoxy groups -OCH3 is 1. The normalized spacial score (nSPS) is 17.4. The first-order chi connectivity index (χ1) is 16.6. The molecule has 2 heterocycles. The Bertz CT molecular complexity index is 1200. The number of ether oxygens (including phenoxy) is 1. The predicted molar refractivity (Wildman–Crippen MR) is 130 cm³/mol. The number of nitrogens with zero attached hydrogens (tertiary/aromatic N) is 4. The van der Waals surface area contributed by atoms with Crippen molar-refractivity contribution in [1.29, 1.82) is 0 Å². The van der Waals surface area contributed by atoms with Crippen molar-refractivity contribution in [3.8, 4) is 5.75 Å². The molecule has 8 nitrogen and oxygen atoms in total. The second kappa shape index (κ2) is 9.72. The Morgan fingerprint density at radius 3 is 2.53 bits per heavy atom. The Morgan fingerprint density at radius 1 is 1.06 bits per heavy atom.